The molecule has 0 unspecified atom stereocenters. The van der Waals surface area contributed by atoms with Crippen LogP contribution in [0.15, 0.2) is 79.3 Å². The molecule has 0 aliphatic carbocycles. The number of hydrogen-bond acceptors (Lipinski definition) is 4. The first-order valence-corrected chi connectivity index (χ1v) is 8.93. The first kappa shape index (κ1) is 18.4. The Balaban J connectivity index is 1.44. The monoisotopic (exact) mass is 388 g/mol. The van der Waals surface area contributed by atoms with E-state index in [-0.39, 0.29) is 23.7 Å². The Labute approximate surface area is 166 Å². The SMILES string of the molecule is O=C(NCc1ccc(-c2cccnc2)cc1)c1nn(-c2ccccc2F)cc1O. The van der Waals surface area contributed by atoms with Gasteiger partial charge in [-0.3, -0.25) is 9.78 Å². The number of nitrogens with one attached hydrogen (secondary N) is 1. The summed E-state index contributed by atoms with van der Waals surface area (Å²) in [5, 5.41) is 16.8. The predicted octanol–water partition coefficient (Wildman–Crippen LogP) is 3.71. The molecule has 1 amide bonds. The molecule has 0 spiro atoms. The van der Waals surface area contributed by atoms with Gasteiger partial charge >= 0.3 is 0 Å². The van der Waals surface area contributed by atoms with Crippen molar-refractivity contribution in [1.29, 1.82) is 0 Å². The van der Waals surface area contributed by atoms with E-state index >= 15 is 0 Å². The molecular weight excluding hydrogens is 371 g/mol. The van der Waals surface area contributed by atoms with Crippen LogP contribution in [-0.4, -0.2) is 25.8 Å². The molecule has 0 saturated heterocycles. The second kappa shape index (κ2) is 7.93. The van der Waals surface area contributed by atoms with Crippen molar-refractivity contribution in [2.45, 2.75) is 6.54 Å². The van der Waals surface area contributed by atoms with Crippen molar-refractivity contribution in [2.24, 2.45) is 0 Å². The molecule has 4 rings (SSSR count). The Morgan fingerprint density at radius 2 is 1.83 bits per heavy atom. The second-order valence-corrected chi connectivity index (χ2v) is 6.38. The molecule has 2 N–H and O–H groups in total. The number of aromatic hydroxyl groups is 1. The highest BCUT2D eigenvalue weighted by atomic mass is 19.1. The average molecular weight is 388 g/mol. The van der Waals surface area contributed by atoms with Crippen molar-refractivity contribution in [2.75, 3.05) is 0 Å². The van der Waals surface area contributed by atoms with Crippen molar-refractivity contribution in [3.63, 3.8) is 0 Å². The number of rotatable bonds is 5. The Morgan fingerprint density at radius 3 is 2.55 bits per heavy atom. The van der Waals surface area contributed by atoms with Crippen LogP contribution in [0, 0.1) is 5.82 Å². The maximum atomic E-state index is 13.9. The molecule has 144 valence electrons. The third-order valence-corrected chi connectivity index (χ3v) is 4.41. The molecule has 29 heavy (non-hydrogen) atoms. The maximum absolute atomic E-state index is 13.9. The highest BCUT2D eigenvalue weighted by Crippen LogP contribution is 2.21. The lowest BCUT2D eigenvalue weighted by Crippen LogP contribution is -2.23. The molecule has 6 nitrogen and oxygen atoms in total. The number of benzene rings is 2. The average Bonchev–Trinajstić information content (AvgIpc) is 3.15. The van der Waals surface area contributed by atoms with E-state index in [1.165, 1.54) is 18.3 Å². The number of nitrogens with zero attached hydrogens (tertiary/aromatic N) is 3. The number of carbonyl (C=O) groups is 1. The van der Waals surface area contributed by atoms with Crippen LogP contribution in [0.4, 0.5) is 4.39 Å². The number of amides is 1. The van der Waals surface area contributed by atoms with E-state index in [0.29, 0.717) is 0 Å². The zero-order valence-electron chi connectivity index (χ0n) is 15.3. The van der Waals surface area contributed by atoms with Crippen LogP contribution in [0.2, 0.25) is 0 Å². The summed E-state index contributed by atoms with van der Waals surface area (Å²) in [6, 6.07) is 17.5. The van der Waals surface area contributed by atoms with Gasteiger partial charge in [0.1, 0.15) is 11.5 Å². The summed E-state index contributed by atoms with van der Waals surface area (Å²) in [5.74, 6) is -1.37. The van der Waals surface area contributed by atoms with Gasteiger partial charge in [-0.25, -0.2) is 9.07 Å². The van der Waals surface area contributed by atoms with Crippen LogP contribution in [0.1, 0.15) is 16.1 Å². The lowest BCUT2D eigenvalue weighted by molar-refractivity contribution is 0.0943. The van der Waals surface area contributed by atoms with Gasteiger partial charge in [0.15, 0.2) is 11.4 Å². The molecule has 0 aliphatic heterocycles. The quantitative estimate of drug-likeness (QED) is 0.546. The second-order valence-electron chi connectivity index (χ2n) is 6.38. The van der Waals surface area contributed by atoms with Crippen LogP contribution >= 0.6 is 0 Å². The van der Waals surface area contributed by atoms with E-state index in [1.54, 1.807) is 24.5 Å². The van der Waals surface area contributed by atoms with Gasteiger partial charge in [-0.1, -0.05) is 42.5 Å². The highest BCUT2D eigenvalue weighted by Gasteiger charge is 2.18. The largest absolute Gasteiger partial charge is 0.504 e. The molecule has 0 fully saturated rings. The van der Waals surface area contributed by atoms with E-state index in [1.807, 2.05) is 36.4 Å². The number of carbonyl (C=O) groups excluding carboxylic acids is 1. The number of aromatic nitrogens is 3. The number of pyridine rings is 1. The fourth-order valence-corrected chi connectivity index (χ4v) is 2.90. The molecule has 0 atom stereocenters. The van der Waals surface area contributed by atoms with Gasteiger partial charge in [0, 0.05) is 18.9 Å². The zero-order valence-corrected chi connectivity index (χ0v) is 15.3. The fourth-order valence-electron chi connectivity index (χ4n) is 2.90. The molecule has 7 heteroatoms. The minimum atomic E-state index is -0.547. The van der Waals surface area contributed by atoms with E-state index in [0.717, 1.165) is 21.4 Å². The van der Waals surface area contributed by atoms with Crippen LogP contribution in [-0.2, 0) is 6.54 Å². The lowest BCUT2D eigenvalue weighted by Gasteiger charge is -2.06. The summed E-state index contributed by atoms with van der Waals surface area (Å²) in [6.07, 6.45) is 4.71. The van der Waals surface area contributed by atoms with Crippen molar-refractivity contribution < 1.29 is 14.3 Å². The van der Waals surface area contributed by atoms with Crippen LogP contribution < -0.4 is 5.32 Å². The Kier molecular flexibility index (Phi) is 5.03. The third kappa shape index (κ3) is 3.98. The molecule has 0 aliphatic rings. The smallest absolute Gasteiger partial charge is 0.275 e. The molecule has 0 bridgehead atoms. The molecule has 2 heterocycles. The highest BCUT2D eigenvalue weighted by molar-refractivity contribution is 5.94. The van der Waals surface area contributed by atoms with Gasteiger partial charge in [-0.05, 0) is 34.9 Å². The van der Waals surface area contributed by atoms with Crippen LogP contribution in [0.3, 0.4) is 0 Å². The van der Waals surface area contributed by atoms with Gasteiger partial charge in [0.25, 0.3) is 5.91 Å². The summed E-state index contributed by atoms with van der Waals surface area (Å²) in [6.45, 7) is 0.262. The van der Waals surface area contributed by atoms with Gasteiger partial charge < -0.3 is 10.4 Å². The van der Waals surface area contributed by atoms with E-state index < -0.39 is 11.7 Å². The third-order valence-electron chi connectivity index (χ3n) is 4.41. The van der Waals surface area contributed by atoms with Gasteiger partial charge in [0.2, 0.25) is 0 Å². The summed E-state index contributed by atoms with van der Waals surface area (Å²) < 4.78 is 15.0. The molecule has 0 radical (unpaired) electrons. The van der Waals surface area contributed by atoms with E-state index in [4.69, 9.17) is 0 Å². The van der Waals surface area contributed by atoms with Gasteiger partial charge in [-0.15, -0.1) is 0 Å². The molecule has 4 aromatic rings. The topological polar surface area (TPSA) is 80.0 Å². The standard InChI is InChI=1S/C22H17FN4O2/c23-18-5-1-2-6-19(18)27-14-20(28)21(26-27)22(29)25-12-15-7-9-16(10-8-15)17-4-3-11-24-13-17/h1-11,13-14,28H,12H2,(H,25,29). The minimum Gasteiger partial charge on any atom is -0.504 e. The summed E-state index contributed by atoms with van der Waals surface area (Å²) in [7, 11) is 0. The van der Waals surface area contributed by atoms with Crippen molar-refractivity contribution in [3.8, 4) is 22.6 Å². The Hall–Kier alpha value is -4.00. The van der Waals surface area contributed by atoms with Gasteiger partial charge in [0.05, 0.1) is 6.20 Å². The summed E-state index contributed by atoms with van der Waals surface area (Å²) in [4.78, 5) is 16.5. The Bertz CT molecular complexity index is 1140. The lowest BCUT2D eigenvalue weighted by atomic mass is 10.1. The number of halogens is 1. The first-order chi connectivity index (χ1) is 14.1. The normalized spacial score (nSPS) is 10.7. The molecule has 2 aromatic carbocycles. The van der Waals surface area contributed by atoms with E-state index in [2.05, 4.69) is 15.4 Å². The summed E-state index contributed by atoms with van der Waals surface area (Å²) in [5.41, 5.74) is 2.90. The maximum Gasteiger partial charge on any atom is 0.275 e. The van der Waals surface area contributed by atoms with Crippen molar-refractivity contribution in [3.05, 3.63) is 96.3 Å². The number of para-hydroxylation sites is 1. The Morgan fingerprint density at radius 1 is 1.03 bits per heavy atom. The van der Waals surface area contributed by atoms with E-state index in [9.17, 15) is 14.3 Å². The summed E-state index contributed by atoms with van der Waals surface area (Å²) >= 11 is 0. The predicted molar refractivity (Wildman–Crippen MR) is 106 cm³/mol. The molecular formula is C22H17FN4O2. The van der Waals surface area contributed by atoms with Crippen LogP contribution in [0.5, 0.6) is 5.75 Å². The first-order valence-electron chi connectivity index (χ1n) is 8.93. The van der Waals surface area contributed by atoms with Crippen molar-refractivity contribution >= 4 is 5.91 Å². The van der Waals surface area contributed by atoms with Crippen molar-refractivity contribution in [1.82, 2.24) is 20.1 Å². The minimum absolute atomic E-state index is 0.146. The molecule has 2 aromatic heterocycles. The van der Waals surface area contributed by atoms with Crippen LogP contribution in [0.25, 0.3) is 16.8 Å². The molecule has 0 saturated carbocycles. The van der Waals surface area contributed by atoms with Gasteiger partial charge in [-0.2, -0.15) is 5.10 Å². The number of hydrogen-bond donors (Lipinski definition) is 2. The zero-order chi connectivity index (χ0) is 20.2. The fraction of sp³-hybridized carbons (Fsp3) is 0.0455.